The molecule has 0 aliphatic rings. The number of carboxylic acid groups (broad SMARTS) is 3. The first-order valence-corrected chi connectivity index (χ1v) is 18.6. The van der Waals surface area contributed by atoms with Crippen molar-refractivity contribution in [1.82, 2.24) is 0 Å². The summed E-state index contributed by atoms with van der Waals surface area (Å²) in [6, 6.07) is 0. The van der Waals surface area contributed by atoms with Gasteiger partial charge in [0.05, 0.1) is 53.2 Å². The maximum Gasteiger partial charge on any atom is 0.339 e. The van der Waals surface area contributed by atoms with Gasteiger partial charge in [0.1, 0.15) is 0 Å². The van der Waals surface area contributed by atoms with Crippen molar-refractivity contribution in [2.24, 2.45) is 17.8 Å². The van der Waals surface area contributed by atoms with Crippen LogP contribution in [0.25, 0.3) is 0 Å². The van der Waals surface area contributed by atoms with Crippen LogP contribution >= 0.6 is 0 Å². The highest BCUT2D eigenvalue weighted by atomic mass is 16.5. The maximum atomic E-state index is 13.7. The van der Waals surface area contributed by atoms with Crippen LogP contribution in [0.1, 0.15) is 200 Å². The van der Waals surface area contributed by atoms with Crippen LogP contribution in [0, 0.1) is 17.8 Å². The van der Waals surface area contributed by atoms with Crippen LogP contribution in [0.3, 0.4) is 0 Å². The monoisotopic (exact) mass is 720 g/mol. The van der Waals surface area contributed by atoms with E-state index in [2.05, 4.69) is 41.5 Å². The number of hydrogen-bond donors (Lipinski definition) is 3. The minimum absolute atomic E-state index is 0.179. The lowest BCUT2D eigenvalue weighted by Crippen LogP contribution is -2.30. The molecule has 0 aromatic heterocycles. The van der Waals surface area contributed by atoms with E-state index in [-0.39, 0.29) is 19.8 Å². The molecule has 0 aliphatic carbocycles. The Balaban J connectivity index is 3.61. The molecule has 0 fully saturated rings. The van der Waals surface area contributed by atoms with E-state index in [1.807, 2.05) is 0 Å². The summed E-state index contributed by atoms with van der Waals surface area (Å²) < 4.78 is 16.1. The fourth-order valence-corrected chi connectivity index (χ4v) is 5.74. The molecule has 0 amide bonds. The van der Waals surface area contributed by atoms with Gasteiger partial charge in [-0.2, -0.15) is 0 Å². The van der Waals surface area contributed by atoms with E-state index in [4.69, 9.17) is 14.2 Å². The number of carboxylic acids is 3. The van der Waals surface area contributed by atoms with E-state index in [1.165, 1.54) is 0 Å². The third kappa shape index (κ3) is 16.3. The minimum atomic E-state index is -2.04. The molecule has 1 rings (SSSR count). The summed E-state index contributed by atoms with van der Waals surface area (Å²) in [4.78, 5) is 78.7. The molecule has 3 N–H and O–H groups in total. The lowest BCUT2D eigenvalue weighted by molar-refractivity contribution is 0.0421. The zero-order chi connectivity index (χ0) is 38.5. The second-order valence-corrected chi connectivity index (χ2v) is 14.4. The lowest BCUT2D eigenvalue weighted by atomic mass is 9.85. The van der Waals surface area contributed by atoms with Crippen molar-refractivity contribution < 1.29 is 58.3 Å². The van der Waals surface area contributed by atoms with Crippen molar-refractivity contribution >= 4 is 35.8 Å². The molecule has 0 unspecified atom stereocenters. The summed E-state index contributed by atoms with van der Waals surface area (Å²) in [7, 11) is 0. The van der Waals surface area contributed by atoms with E-state index >= 15 is 0 Å². The first-order valence-electron chi connectivity index (χ1n) is 18.6. The Labute approximate surface area is 302 Å². The third-order valence-electron chi connectivity index (χ3n) is 8.48. The number of ether oxygens (including phenoxy) is 3. The van der Waals surface area contributed by atoms with Gasteiger partial charge in [-0.05, 0) is 37.0 Å². The summed E-state index contributed by atoms with van der Waals surface area (Å²) in [5.41, 5.74) is -7.05. The van der Waals surface area contributed by atoms with E-state index in [0.717, 1.165) is 57.8 Å². The number of carbonyl (C=O) groups excluding carboxylic acids is 3. The van der Waals surface area contributed by atoms with Crippen LogP contribution < -0.4 is 0 Å². The Bertz CT molecular complexity index is 1240. The van der Waals surface area contributed by atoms with Crippen molar-refractivity contribution in [3.63, 3.8) is 0 Å². The Kier molecular flexibility index (Phi) is 21.4. The molecular weight excluding hydrogens is 660 g/mol. The van der Waals surface area contributed by atoms with Gasteiger partial charge in [0, 0.05) is 0 Å². The van der Waals surface area contributed by atoms with Crippen LogP contribution in [0.4, 0.5) is 0 Å². The number of hydrogen-bond acceptors (Lipinski definition) is 9. The molecule has 51 heavy (non-hydrogen) atoms. The summed E-state index contributed by atoms with van der Waals surface area (Å²) in [6.45, 7) is 12.1. The highest BCUT2D eigenvalue weighted by molar-refractivity contribution is 6.23. The largest absolute Gasteiger partial charge is 0.478 e. The standard InChI is InChI=1S/C39H60O12/c1-25(2)19-13-7-10-16-22-49-37(46)31-29(35(42)43)28(34(40)41)30(36(44)45)32(38(47)50-23-17-11-8-14-20-26(3)4)33(31)39(48)51-24-18-12-9-15-21-27(5)6/h25-27H,7-24H2,1-6H3,(H,40,41)(H,42,43)(H,44,45). The van der Waals surface area contributed by atoms with E-state index in [1.54, 1.807) is 0 Å². The van der Waals surface area contributed by atoms with Crippen LogP contribution in [-0.4, -0.2) is 71.0 Å². The molecule has 1 aromatic rings. The average Bonchev–Trinajstić information content (AvgIpc) is 3.04. The zero-order valence-corrected chi connectivity index (χ0v) is 31.5. The second kappa shape index (κ2) is 24.3. The normalized spacial score (nSPS) is 11.2. The Morgan fingerprint density at radius 3 is 0.824 bits per heavy atom. The summed E-state index contributed by atoms with van der Waals surface area (Å²) in [5, 5.41) is 30.5. The van der Waals surface area contributed by atoms with Crippen LogP contribution in [0.5, 0.6) is 0 Å². The minimum Gasteiger partial charge on any atom is -0.478 e. The highest BCUT2D eigenvalue weighted by Crippen LogP contribution is 2.32. The molecule has 0 saturated heterocycles. The van der Waals surface area contributed by atoms with Crippen molar-refractivity contribution in [2.45, 2.75) is 138 Å². The number of benzene rings is 1. The summed E-state index contributed by atoms with van der Waals surface area (Å²) >= 11 is 0. The van der Waals surface area contributed by atoms with Gasteiger partial charge in [0.15, 0.2) is 0 Å². The fraction of sp³-hybridized carbons (Fsp3) is 0.692. The Hall–Kier alpha value is -3.96. The number of aromatic carboxylic acids is 3. The van der Waals surface area contributed by atoms with Crippen molar-refractivity contribution in [2.75, 3.05) is 19.8 Å². The average molecular weight is 721 g/mol. The molecule has 288 valence electrons. The Morgan fingerprint density at radius 1 is 0.373 bits per heavy atom. The van der Waals surface area contributed by atoms with E-state index < -0.39 is 69.2 Å². The van der Waals surface area contributed by atoms with Crippen molar-refractivity contribution in [1.29, 1.82) is 0 Å². The number of rotatable bonds is 27. The second-order valence-electron chi connectivity index (χ2n) is 14.4. The van der Waals surface area contributed by atoms with Gasteiger partial charge in [-0.25, -0.2) is 28.8 Å². The van der Waals surface area contributed by atoms with Gasteiger partial charge in [-0.1, -0.05) is 119 Å². The molecule has 0 radical (unpaired) electrons. The molecular formula is C39H60O12. The van der Waals surface area contributed by atoms with E-state index in [9.17, 15) is 44.1 Å². The fourth-order valence-electron chi connectivity index (χ4n) is 5.74. The maximum absolute atomic E-state index is 13.7. The van der Waals surface area contributed by atoms with Crippen LogP contribution in [0.15, 0.2) is 0 Å². The molecule has 0 heterocycles. The summed E-state index contributed by atoms with van der Waals surface area (Å²) in [6.07, 6.45) is 11.8. The van der Waals surface area contributed by atoms with Gasteiger partial charge in [-0.15, -0.1) is 0 Å². The van der Waals surface area contributed by atoms with Crippen molar-refractivity contribution in [3.8, 4) is 0 Å². The highest BCUT2D eigenvalue weighted by Gasteiger charge is 2.42. The first-order chi connectivity index (χ1) is 24.1. The smallest absolute Gasteiger partial charge is 0.339 e. The molecule has 1 aromatic carbocycles. The topological polar surface area (TPSA) is 191 Å². The predicted octanol–water partition coefficient (Wildman–Crippen LogP) is 9.07. The van der Waals surface area contributed by atoms with Gasteiger partial charge < -0.3 is 29.5 Å². The molecule has 12 nitrogen and oxygen atoms in total. The lowest BCUT2D eigenvalue weighted by Gasteiger charge is -2.20. The van der Waals surface area contributed by atoms with Gasteiger partial charge in [0.2, 0.25) is 0 Å². The van der Waals surface area contributed by atoms with E-state index in [0.29, 0.717) is 56.3 Å². The molecule has 0 aliphatic heterocycles. The third-order valence-corrected chi connectivity index (χ3v) is 8.48. The molecule has 0 spiro atoms. The zero-order valence-electron chi connectivity index (χ0n) is 31.5. The molecule has 0 bridgehead atoms. The first kappa shape index (κ1) is 45.1. The predicted molar refractivity (Wildman–Crippen MR) is 192 cm³/mol. The summed E-state index contributed by atoms with van der Waals surface area (Å²) in [5.74, 6) is -8.59. The van der Waals surface area contributed by atoms with Gasteiger partial charge in [0.25, 0.3) is 0 Å². The quantitative estimate of drug-likeness (QED) is 0.0444. The van der Waals surface area contributed by atoms with Gasteiger partial charge in [-0.3, -0.25) is 0 Å². The SMILES string of the molecule is CC(C)CCCCCCOC(=O)c1c(C(=O)O)c(C(=O)O)c(C(=O)O)c(C(=O)OCCCCCCC(C)C)c1C(=O)OCCCCCCC(C)C. The van der Waals surface area contributed by atoms with Crippen molar-refractivity contribution in [3.05, 3.63) is 33.4 Å². The molecule has 0 saturated carbocycles. The van der Waals surface area contributed by atoms with Crippen LogP contribution in [-0.2, 0) is 14.2 Å². The van der Waals surface area contributed by atoms with Gasteiger partial charge >= 0.3 is 35.8 Å². The molecule has 0 atom stereocenters. The number of esters is 3. The number of unbranched alkanes of at least 4 members (excludes halogenated alkanes) is 9. The van der Waals surface area contributed by atoms with Crippen LogP contribution in [0.2, 0.25) is 0 Å². The number of carbonyl (C=O) groups is 6. The molecule has 12 heteroatoms. The Morgan fingerprint density at radius 2 is 0.588 bits per heavy atom.